The minimum absolute atomic E-state index is 0.194. The first-order chi connectivity index (χ1) is 11.3. The number of aliphatic hydroxyl groups excluding tert-OH is 1. The zero-order valence-corrected chi connectivity index (χ0v) is 20.6. The Morgan fingerprint density at radius 1 is 0.739 bits per heavy atom. The highest BCUT2D eigenvalue weighted by Gasteiger charge is 2.04. The average molecular weight is 401 g/mol. The highest BCUT2D eigenvalue weighted by atomic mass is 28.3. The molecule has 1 N–H and O–H groups in total. The van der Waals surface area contributed by atoms with E-state index in [4.69, 9.17) is 22.4 Å². The lowest BCUT2D eigenvalue weighted by Crippen LogP contribution is -2.23. The van der Waals surface area contributed by atoms with Gasteiger partial charge in [0.05, 0.1) is 26.4 Å². The van der Waals surface area contributed by atoms with Gasteiger partial charge in [-0.15, -0.1) is 0 Å². The quantitative estimate of drug-likeness (QED) is 0.210. The van der Waals surface area contributed by atoms with E-state index >= 15 is 0 Å². The summed E-state index contributed by atoms with van der Waals surface area (Å²) in [4.78, 5) is 0. The molecule has 1 atom stereocenters. The standard InChI is InChI=1S/C13H36O6Si4/c1-20-18-22-9-3-5-15-7-8-17-12-13(14)11-16-6-4-10-23-19-21-2/h13-14H,3-12,20-23H2,1-2H3. The molecule has 0 rings (SSSR count). The lowest BCUT2D eigenvalue weighted by atomic mass is 10.4. The Hall–Kier alpha value is 0.628. The Morgan fingerprint density at radius 2 is 1.22 bits per heavy atom. The summed E-state index contributed by atoms with van der Waals surface area (Å²) in [6, 6.07) is 2.37. The monoisotopic (exact) mass is 400 g/mol. The molecule has 0 saturated heterocycles. The summed E-state index contributed by atoms with van der Waals surface area (Å²) in [6.07, 6.45) is 1.58. The second-order valence-electron chi connectivity index (χ2n) is 5.22. The van der Waals surface area contributed by atoms with E-state index < -0.39 is 6.10 Å². The van der Waals surface area contributed by atoms with Crippen LogP contribution in [0.15, 0.2) is 0 Å². The van der Waals surface area contributed by atoms with E-state index in [1.165, 1.54) is 12.1 Å². The maximum Gasteiger partial charge on any atom is 0.146 e. The maximum atomic E-state index is 9.71. The van der Waals surface area contributed by atoms with Gasteiger partial charge in [0.25, 0.3) is 0 Å². The molecule has 0 aromatic carbocycles. The SMILES string of the molecule is C[SiH2]O[SiH2]CCCOCCOCC(O)COCCC[SiH2]O[SiH2]C. The topological polar surface area (TPSA) is 66.4 Å². The van der Waals surface area contributed by atoms with Crippen LogP contribution in [0.25, 0.3) is 0 Å². The van der Waals surface area contributed by atoms with Crippen molar-refractivity contribution in [1.82, 2.24) is 0 Å². The van der Waals surface area contributed by atoms with Gasteiger partial charge in [-0.3, -0.25) is 0 Å². The molecule has 23 heavy (non-hydrogen) atoms. The maximum absolute atomic E-state index is 9.71. The van der Waals surface area contributed by atoms with Crippen LogP contribution in [-0.2, 0) is 22.4 Å². The molecule has 1 unspecified atom stereocenters. The van der Waals surface area contributed by atoms with Gasteiger partial charge in [-0.25, -0.2) is 0 Å². The fourth-order valence-corrected chi connectivity index (χ4v) is 6.57. The molecule has 0 radical (unpaired) electrons. The summed E-state index contributed by atoms with van der Waals surface area (Å²) >= 11 is 0. The van der Waals surface area contributed by atoms with Crippen molar-refractivity contribution in [2.75, 3.05) is 39.6 Å². The van der Waals surface area contributed by atoms with E-state index in [0.29, 0.717) is 33.0 Å². The third kappa shape index (κ3) is 20.6. The second-order valence-corrected chi connectivity index (χ2v) is 11.9. The van der Waals surface area contributed by atoms with E-state index in [0.717, 1.165) is 19.4 Å². The van der Waals surface area contributed by atoms with Crippen molar-refractivity contribution in [2.24, 2.45) is 0 Å². The van der Waals surface area contributed by atoms with Crippen molar-refractivity contribution in [2.45, 2.75) is 44.1 Å². The Bertz CT molecular complexity index is 229. The predicted octanol–water partition coefficient (Wildman–Crippen LogP) is -1.52. The second kappa shape index (κ2) is 20.7. The van der Waals surface area contributed by atoms with Crippen LogP contribution in [0.2, 0.25) is 25.2 Å². The number of hydrogen-bond acceptors (Lipinski definition) is 6. The minimum Gasteiger partial charge on any atom is -0.465 e. The van der Waals surface area contributed by atoms with E-state index in [9.17, 15) is 5.11 Å². The van der Waals surface area contributed by atoms with Crippen LogP contribution in [0.4, 0.5) is 0 Å². The van der Waals surface area contributed by atoms with Gasteiger partial charge in [0.15, 0.2) is 0 Å². The molecule has 0 aromatic rings. The molecule has 0 aromatic heterocycles. The van der Waals surface area contributed by atoms with Crippen molar-refractivity contribution in [3.8, 4) is 0 Å². The first kappa shape index (κ1) is 23.6. The number of hydrogen-bond donors (Lipinski definition) is 1. The smallest absolute Gasteiger partial charge is 0.146 e. The molecular formula is C13H36O6Si4. The van der Waals surface area contributed by atoms with Crippen molar-refractivity contribution in [3.05, 3.63) is 0 Å². The van der Waals surface area contributed by atoms with Crippen LogP contribution in [0.1, 0.15) is 12.8 Å². The zero-order chi connectivity index (χ0) is 17.0. The van der Waals surface area contributed by atoms with Crippen LogP contribution in [0.3, 0.4) is 0 Å². The third-order valence-electron chi connectivity index (χ3n) is 3.06. The molecule has 0 heterocycles. The number of aliphatic hydroxyl groups is 1. The fraction of sp³-hybridized carbons (Fsp3) is 1.00. The average Bonchev–Trinajstić information content (AvgIpc) is 2.55. The summed E-state index contributed by atoms with van der Waals surface area (Å²) in [5.74, 6) is 0. The normalized spacial score (nSPS) is 14.7. The highest BCUT2D eigenvalue weighted by molar-refractivity contribution is 6.42. The van der Waals surface area contributed by atoms with Crippen molar-refractivity contribution < 1.29 is 27.5 Å². The Balaban J connectivity index is 3.11. The lowest BCUT2D eigenvalue weighted by molar-refractivity contribution is -0.0317. The van der Waals surface area contributed by atoms with E-state index in [2.05, 4.69) is 13.1 Å². The van der Waals surface area contributed by atoms with Gasteiger partial charge in [0.1, 0.15) is 45.2 Å². The predicted molar refractivity (Wildman–Crippen MR) is 105 cm³/mol. The van der Waals surface area contributed by atoms with Crippen LogP contribution >= 0.6 is 0 Å². The summed E-state index contributed by atoms with van der Waals surface area (Å²) in [6.45, 7) is 7.59. The summed E-state index contributed by atoms with van der Waals surface area (Å²) in [5.41, 5.74) is 0. The molecule has 0 saturated carbocycles. The van der Waals surface area contributed by atoms with Crippen LogP contribution in [-0.4, -0.2) is 89.9 Å². The minimum atomic E-state index is -0.548. The zero-order valence-electron chi connectivity index (χ0n) is 15.0. The highest BCUT2D eigenvalue weighted by Crippen LogP contribution is 1.94. The van der Waals surface area contributed by atoms with Crippen molar-refractivity contribution in [3.63, 3.8) is 0 Å². The summed E-state index contributed by atoms with van der Waals surface area (Å²) < 4.78 is 27.3. The van der Waals surface area contributed by atoms with Crippen LogP contribution in [0.5, 0.6) is 0 Å². The largest absolute Gasteiger partial charge is 0.465 e. The third-order valence-corrected chi connectivity index (χ3v) is 10.2. The molecular weight excluding hydrogens is 364 g/mol. The first-order valence-electron chi connectivity index (χ1n) is 8.88. The molecule has 0 amide bonds. The molecule has 0 aliphatic carbocycles. The summed E-state index contributed by atoms with van der Waals surface area (Å²) in [7, 11) is -0.952. The Morgan fingerprint density at radius 3 is 1.78 bits per heavy atom. The molecule has 140 valence electrons. The van der Waals surface area contributed by atoms with Crippen molar-refractivity contribution in [1.29, 1.82) is 0 Å². The molecule has 6 nitrogen and oxygen atoms in total. The van der Waals surface area contributed by atoms with Gasteiger partial charge in [-0.05, 0) is 24.9 Å². The molecule has 0 fully saturated rings. The Labute approximate surface area is 150 Å². The van der Waals surface area contributed by atoms with Gasteiger partial charge >= 0.3 is 0 Å². The van der Waals surface area contributed by atoms with Gasteiger partial charge in [0, 0.05) is 13.2 Å². The first-order valence-corrected chi connectivity index (χ1v) is 16.0. The van der Waals surface area contributed by atoms with Gasteiger partial charge in [-0.2, -0.15) is 0 Å². The molecule has 0 bridgehead atoms. The Kier molecular flexibility index (Phi) is 21.2. The van der Waals surface area contributed by atoms with Gasteiger partial charge in [0.2, 0.25) is 0 Å². The lowest BCUT2D eigenvalue weighted by Gasteiger charge is -2.12. The summed E-state index contributed by atoms with van der Waals surface area (Å²) in [5, 5.41) is 9.71. The van der Waals surface area contributed by atoms with Crippen LogP contribution < -0.4 is 0 Å². The molecule has 0 spiro atoms. The van der Waals surface area contributed by atoms with Gasteiger partial charge in [-0.1, -0.05) is 13.1 Å². The van der Waals surface area contributed by atoms with E-state index in [1.807, 2.05) is 0 Å². The number of rotatable bonds is 19. The molecule has 0 aliphatic heterocycles. The van der Waals surface area contributed by atoms with E-state index in [-0.39, 0.29) is 39.1 Å². The fourth-order valence-electron chi connectivity index (χ4n) is 1.81. The molecule has 10 heteroatoms. The van der Waals surface area contributed by atoms with Crippen LogP contribution in [0, 0.1) is 0 Å². The van der Waals surface area contributed by atoms with Crippen molar-refractivity contribution >= 4 is 39.1 Å². The van der Waals surface area contributed by atoms with E-state index in [1.54, 1.807) is 0 Å². The van der Waals surface area contributed by atoms with Gasteiger partial charge < -0.3 is 27.5 Å². The number of ether oxygens (including phenoxy) is 3. The molecule has 0 aliphatic rings.